The van der Waals surface area contributed by atoms with E-state index in [1.807, 2.05) is 0 Å². The summed E-state index contributed by atoms with van der Waals surface area (Å²) in [7, 11) is 0. The molecule has 1 fully saturated rings. The fraction of sp³-hybridized carbons (Fsp3) is 0.500. The first-order valence-electron chi connectivity index (χ1n) is 1.83. The minimum Gasteiger partial charge on any atom is 1.00 e. The van der Waals surface area contributed by atoms with Crippen molar-refractivity contribution in [3.63, 3.8) is 0 Å². The van der Waals surface area contributed by atoms with Crippen molar-refractivity contribution >= 4 is 66.1 Å². The molecule has 1 aliphatic heterocycles. The summed E-state index contributed by atoms with van der Waals surface area (Å²) >= 11 is 3.35. The Bertz CT molecular complexity index is 114. The molecule has 1 aliphatic rings. The van der Waals surface area contributed by atoms with Gasteiger partial charge in [-0.25, -0.2) is 0 Å². The summed E-state index contributed by atoms with van der Waals surface area (Å²) in [5.41, 5.74) is 0. The Morgan fingerprint density at radius 2 is 1.70 bits per heavy atom. The summed E-state index contributed by atoms with van der Waals surface area (Å²) in [4.78, 5) is 10.3. The van der Waals surface area contributed by atoms with E-state index in [1.54, 1.807) is 0 Å². The minimum atomic E-state index is -0.755. The molecule has 0 aliphatic carbocycles. The van der Waals surface area contributed by atoms with E-state index in [-0.39, 0.29) is 33.3 Å². The van der Waals surface area contributed by atoms with Crippen molar-refractivity contribution in [3.8, 4) is 0 Å². The van der Waals surface area contributed by atoms with Crippen LogP contribution in [0.2, 0.25) is 3.71 Å². The third-order valence-electron chi connectivity index (χ3n) is 0.501. The molecular formula is C2HNaO2Se5. The standard InChI is InChI=1S/C2H2O2Se5.Na/c3-1(4)2-5-7-9-8-6-2;/h2H,(H,3,4);/q;+1/p-1. The maximum Gasteiger partial charge on any atom is 1.00 e. The van der Waals surface area contributed by atoms with Crippen molar-refractivity contribution < 1.29 is 39.5 Å². The maximum absolute atomic E-state index is 10.3. The van der Waals surface area contributed by atoms with Crippen LogP contribution >= 0.6 is 0 Å². The molecule has 0 unspecified atom stereocenters. The SMILES string of the molecule is O=C([O-])C1[Se][Se][Se][Se][Se]1.[Na+]. The van der Waals surface area contributed by atoms with E-state index in [2.05, 4.69) is 0 Å². The Hall–Kier alpha value is 3.07. The molecule has 0 aromatic heterocycles. The molecule has 0 N–H and O–H groups in total. The Labute approximate surface area is 107 Å². The maximum atomic E-state index is 10.3. The van der Waals surface area contributed by atoms with Gasteiger partial charge in [-0.1, -0.05) is 0 Å². The molecule has 8 heteroatoms. The van der Waals surface area contributed by atoms with Crippen molar-refractivity contribution in [2.75, 3.05) is 0 Å². The summed E-state index contributed by atoms with van der Waals surface area (Å²) in [6, 6.07) is 0. The fourth-order valence-electron chi connectivity index (χ4n) is 0.209. The van der Waals surface area contributed by atoms with Gasteiger partial charge in [0.25, 0.3) is 0 Å². The van der Waals surface area contributed by atoms with Crippen LogP contribution in [0, 0.1) is 0 Å². The fourth-order valence-corrected chi connectivity index (χ4v) is 109. The summed E-state index contributed by atoms with van der Waals surface area (Å²) in [6.07, 6.45) is 0. The Balaban J connectivity index is 0.000000810. The first-order chi connectivity index (χ1) is 4.30. The van der Waals surface area contributed by atoms with E-state index in [1.165, 1.54) is 0 Å². The molecule has 0 atom stereocenters. The van der Waals surface area contributed by atoms with Gasteiger partial charge in [-0.2, -0.15) is 0 Å². The second-order valence-electron chi connectivity index (χ2n) is 1.05. The second kappa shape index (κ2) is 7.47. The van der Waals surface area contributed by atoms with Gasteiger partial charge in [0.15, 0.2) is 0 Å². The van der Waals surface area contributed by atoms with Crippen molar-refractivity contribution in [1.29, 1.82) is 0 Å². The smallest absolute Gasteiger partial charge is 1.00 e. The zero-order valence-electron chi connectivity index (χ0n) is 4.94. The van der Waals surface area contributed by atoms with Crippen LogP contribution in [0.3, 0.4) is 0 Å². The third-order valence-corrected chi connectivity index (χ3v) is 66.1. The molecule has 1 saturated heterocycles. The average molecular weight is 475 g/mol. The molecule has 0 spiro atoms. The van der Waals surface area contributed by atoms with E-state index in [0.717, 1.165) is 33.9 Å². The van der Waals surface area contributed by atoms with E-state index in [4.69, 9.17) is 0 Å². The van der Waals surface area contributed by atoms with Crippen LogP contribution in [0.1, 0.15) is 0 Å². The van der Waals surface area contributed by atoms with Gasteiger partial charge in [-0.05, 0) is 0 Å². The van der Waals surface area contributed by atoms with Crippen LogP contribution in [-0.2, 0) is 4.79 Å². The summed E-state index contributed by atoms with van der Waals surface area (Å²) in [6.45, 7) is 0. The van der Waals surface area contributed by atoms with Gasteiger partial charge in [-0.3, -0.25) is 0 Å². The van der Waals surface area contributed by atoms with Crippen LogP contribution in [0.4, 0.5) is 0 Å². The van der Waals surface area contributed by atoms with Gasteiger partial charge in [0.1, 0.15) is 0 Å². The zero-order valence-corrected chi connectivity index (χ0v) is 15.5. The van der Waals surface area contributed by atoms with E-state index >= 15 is 0 Å². The molecule has 0 saturated carbocycles. The Kier molecular flexibility index (Phi) is 9.76. The second-order valence-corrected chi connectivity index (χ2v) is 38.0. The molecule has 0 amide bonds. The molecule has 52 valence electrons. The molecule has 0 radical (unpaired) electrons. The molecule has 0 bridgehead atoms. The van der Waals surface area contributed by atoms with Gasteiger partial charge < -0.3 is 0 Å². The topological polar surface area (TPSA) is 40.1 Å². The molecular weight excluding hydrogens is 474 g/mol. The Morgan fingerprint density at radius 1 is 1.20 bits per heavy atom. The average Bonchev–Trinajstić information content (AvgIpc) is 1.90. The summed E-state index contributed by atoms with van der Waals surface area (Å²) in [5.74, 6) is -0.755. The van der Waals surface area contributed by atoms with Crippen LogP contribution in [0.25, 0.3) is 0 Å². The number of rotatable bonds is 1. The van der Waals surface area contributed by atoms with Crippen LogP contribution < -0.4 is 34.7 Å². The monoisotopic (exact) mass is 480 g/mol. The number of hydrogen-bond donors (Lipinski definition) is 0. The molecule has 2 nitrogen and oxygen atoms in total. The van der Waals surface area contributed by atoms with Gasteiger partial charge in [0.2, 0.25) is 0 Å². The van der Waals surface area contributed by atoms with Gasteiger partial charge in [-0.15, -0.1) is 0 Å². The Morgan fingerprint density at radius 3 is 2.00 bits per heavy atom. The summed E-state index contributed by atoms with van der Waals surface area (Å²) in [5, 5.41) is 10.3. The molecule has 1 heterocycles. The quantitative estimate of drug-likeness (QED) is 0.355. The van der Waals surface area contributed by atoms with E-state index in [0.29, 0.717) is 26.3 Å². The predicted octanol–water partition coefficient (Wildman–Crippen LogP) is -6.32. The largest absolute Gasteiger partial charge is 1.00 e. The number of carboxylic acid groups (broad SMARTS) is 1. The van der Waals surface area contributed by atoms with Crippen molar-refractivity contribution in [3.05, 3.63) is 0 Å². The number of hydrogen-bond acceptors (Lipinski definition) is 2. The number of carboxylic acids is 1. The van der Waals surface area contributed by atoms with Gasteiger partial charge >= 0.3 is 109 Å². The molecule has 1 rings (SSSR count). The van der Waals surface area contributed by atoms with Crippen molar-refractivity contribution in [2.24, 2.45) is 0 Å². The number of carbonyl (C=O) groups is 1. The van der Waals surface area contributed by atoms with Crippen LogP contribution in [0.15, 0.2) is 0 Å². The van der Waals surface area contributed by atoms with Crippen molar-refractivity contribution in [2.45, 2.75) is 3.71 Å². The van der Waals surface area contributed by atoms with Crippen LogP contribution in [0.5, 0.6) is 0 Å². The van der Waals surface area contributed by atoms with Gasteiger partial charge in [0.05, 0.1) is 0 Å². The number of aliphatic carboxylic acids is 1. The first kappa shape index (κ1) is 13.1. The minimum absolute atomic E-state index is 0. The zero-order chi connectivity index (χ0) is 6.69. The predicted molar refractivity (Wildman–Crippen MR) is 37.5 cm³/mol. The van der Waals surface area contributed by atoms with Crippen LogP contribution in [-0.4, -0.2) is 66.1 Å². The molecule has 10 heavy (non-hydrogen) atoms. The summed E-state index contributed by atoms with van der Waals surface area (Å²) < 4.78 is 0.0561. The first-order valence-corrected chi connectivity index (χ1v) is 21.1. The molecule has 0 aromatic carbocycles. The van der Waals surface area contributed by atoms with E-state index in [9.17, 15) is 9.90 Å². The third kappa shape index (κ3) is 4.94. The van der Waals surface area contributed by atoms with E-state index < -0.39 is 5.97 Å². The molecule has 0 aromatic rings. The van der Waals surface area contributed by atoms with Gasteiger partial charge in [0, 0.05) is 0 Å². The van der Waals surface area contributed by atoms with Crippen molar-refractivity contribution in [1.82, 2.24) is 0 Å². The normalized spacial score (nSPS) is 19.6. The number of carbonyl (C=O) groups excluding carboxylic acids is 1.